The van der Waals surface area contributed by atoms with Crippen LogP contribution < -0.4 is 0 Å². The molecule has 1 saturated carbocycles. The van der Waals surface area contributed by atoms with E-state index in [1.54, 1.807) is 0 Å². The first-order valence-corrected chi connectivity index (χ1v) is 4.90. The Morgan fingerprint density at radius 2 is 1.64 bits per heavy atom. The second kappa shape index (κ2) is 4.10. The van der Waals surface area contributed by atoms with Gasteiger partial charge in [-0.05, 0) is 18.8 Å². The molecule has 1 aliphatic carbocycles. The zero-order chi connectivity index (χ0) is 8.27. The van der Waals surface area contributed by atoms with E-state index in [9.17, 15) is 5.11 Å². The summed E-state index contributed by atoms with van der Waals surface area (Å²) in [6.45, 7) is 4.10. The molecule has 1 rings (SSSR count). The highest BCUT2D eigenvalue weighted by Crippen LogP contribution is 2.31. The average molecular weight is 156 g/mol. The Balaban J connectivity index is 2.32. The third-order valence-electron chi connectivity index (χ3n) is 3.15. The summed E-state index contributed by atoms with van der Waals surface area (Å²) in [6, 6.07) is 0. The summed E-state index contributed by atoms with van der Waals surface area (Å²) in [5, 5.41) is 9.37. The lowest BCUT2D eigenvalue weighted by molar-refractivity contribution is 0.0835. The summed E-state index contributed by atoms with van der Waals surface area (Å²) in [5.74, 6) is 1.30. The van der Waals surface area contributed by atoms with Gasteiger partial charge in [0.2, 0.25) is 0 Å². The highest BCUT2D eigenvalue weighted by molar-refractivity contribution is 4.73. The standard InChI is InChI=1S/C10H20O/c1-8(9(2)11)10-6-4-3-5-7-10/h8-11H,3-7H2,1-2H3. The summed E-state index contributed by atoms with van der Waals surface area (Å²) in [5.41, 5.74) is 0. The third-order valence-corrected chi connectivity index (χ3v) is 3.15. The van der Waals surface area contributed by atoms with Crippen LogP contribution >= 0.6 is 0 Å². The lowest BCUT2D eigenvalue weighted by Crippen LogP contribution is -2.24. The molecule has 2 atom stereocenters. The maximum absolute atomic E-state index is 9.37. The van der Waals surface area contributed by atoms with Crippen molar-refractivity contribution in [1.29, 1.82) is 0 Å². The van der Waals surface area contributed by atoms with E-state index < -0.39 is 0 Å². The Morgan fingerprint density at radius 1 is 1.09 bits per heavy atom. The van der Waals surface area contributed by atoms with Gasteiger partial charge in [0, 0.05) is 0 Å². The Labute approximate surface area is 69.8 Å². The minimum absolute atomic E-state index is 0.113. The average Bonchev–Trinajstić information content (AvgIpc) is 2.05. The molecule has 1 nitrogen and oxygen atoms in total. The van der Waals surface area contributed by atoms with Crippen molar-refractivity contribution in [2.75, 3.05) is 0 Å². The second-order valence-electron chi connectivity index (χ2n) is 4.00. The highest BCUT2D eigenvalue weighted by Gasteiger charge is 2.22. The molecule has 0 aromatic carbocycles. The van der Waals surface area contributed by atoms with Crippen LogP contribution in [0.25, 0.3) is 0 Å². The van der Waals surface area contributed by atoms with Crippen LogP contribution in [-0.2, 0) is 0 Å². The molecule has 0 saturated heterocycles. The minimum Gasteiger partial charge on any atom is -0.393 e. The lowest BCUT2D eigenvalue weighted by Gasteiger charge is -2.29. The van der Waals surface area contributed by atoms with E-state index in [2.05, 4.69) is 6.92 Å². The van der Waals surface area contributed by atoms with Crippen LogP contribution in [0.5, 0.6) is 0 Å². The first kappa shape index (κ1) is 9.05. The quantitative estimate of drug-likeness (QED) is 0.651. The van der Waals surface area contributed by atoms with Gasteiger partial charge in [-0.3, -0.25) is 0 Å². The molecule has 1 N–H and O–H groups in total. The molecule has 11 heavy (non-hydrogen) atoms. The van der Waals surface area contributed by atoms with Gasteiger partial charge < -0.3 is 5.11 Å². The van der Waals surface area contributed by atoms with Crippen LogP contribution in [-0.4, -0.2) is 11.2 Å². The summed E-state index contributed by atoms with van der Waals surface area (Å²) in [4.78, 5) is 0. The largest absolute Gasteiger partial charge is 0.393 e. The zero-order valence-electron chi connectivity index (χ0n) is 7.71. The smallest absolute Gasteiger partial charge is 0.0540 e. The van der Waals surface area contributed by atoms with Gasteiger partial charge in [0.05, 0.1) is 6.10 Å². The Bertz CT molecular complexity index is 103. The number of rotatable bonds is 2. The summed E-state index contributed by atoms with van der Waals surface area (Å²) >= 11 is 0. The predicted octanol–water partition coefficient (Wildman–Crippen LogP) is 2.58. The maximum Gasteiger partial charge on any atom is 0.0540 e. The van der Waals surface area contributed by atoms with E-state index >= 15 is 0 Å². The summed E-state index contributed by atoms with van der Waals surface area (Å²) in [6.07, 6.45) is 6.73. The normalized spacial score (nSPS) is 26.5. The molecule has 0 aliphatic heterocycles. The number of aliphatic hydroxyl groups is 1. The highest BCUT2D eigenvalue weighted by atomic mass is 16.3. The SMILES string of the molecule is CC(O)C(C)C1CCCCC1. The molecule has 0 amide bonds. The van der Waals surface area contributed by atoms with E-state index in [4.69, 9.17) is 0 Å². The van der Waals surface area contributed by atoms with Crippen molar-refractivity contribution in [3.8, 4) is 0 Å². The van der Waals surface area contributed by atoms with Crippen molar-refractivity contribution >= 4 is 0 Å². The van der Waals surface area contributed by atoms with Gasteiger partial charge in [-0.15, -0.1) is 0 Å². The number of hydrogen-bond donors (Lipinski definition) is 1. The monoisotopic (exact) mass is 156 g/mol. The maximum atomic E-state index is 9.37. The molecular weight excluding hydrogens is 136 g/mol. The van der Waals surface area contributed by atoms with Gasteiger partial charge >= 0.3 is 0 Å². The Kier molecular flexibility index (Phi) is 3.38. The molecule has 1 heteroatoms. The van der Waals surface area contributed by atoms with E-state index in [0.717, 1.165) is 5.92 Å². The van der Waals surface area contributed by atoms with E-state index in [1.807, 2.05) is 6.92 Å². The van der Waals surface area contributed by atoms with Crippen LogP contribution in [0.3, 0.4) is 0 Å². The molecule has 0 spiro atoms. The first-order valence-electron chi connectivity index (χ1n) is 4.90. The zero-order valence-corrected chi connectivity index (χ0v) is 7.71. The van der Waals surface area contributed by atoms with Crippen LogP contribution in [0.2, 0.25) is 0 Å². The van der Waals surface area contributed by atoms with Gasteiger partial charge in [-0.25, -0.2) is 0 Å². The van der Waals surface area contributed by atoms with Crippen molar-refractivity contribution in [2.45, 2.75) is 52.1 Å². The molecule has 0 bridgehead atoms. The van der Waals surface area contributed by atoms with Crippen molar-refractivity contribution < 1.29 is 5.11 Å². The summed E-state index contributed by atoms with van der Waals surface area (Å²) < 4.78 is 0. The number of hydrogen-bond acceptors (Lipinski definition) is 1. The fraction of sp³-hybridized carbons (Fsp3) is 1.00. The fourth-order valence-corrected chi connectivity index (χ4v) is 2.05. The van der Waals surface area contributed by atoms with E-state index in [1.165, 1.54) is 32.1 Å². The van der Waals surface area contributed by atoms with Crippen molar-refractivity contribution in [3.63, 3.8) is 0 Å². The van der Waals surface area contributed by atoms with Gasteiger partial charge in [0.15, 0.2) is 0 Å². The van der Waals surface area contributed by atoms with Crippen molar-refractivity contribution in [1.82, 2.24) is 0 Å². The second-order valence-corrected chi connectivity index (χ2v) is 4.00. The van der Waals surface area contributed by atoms with Crippen LogP contribution in [0.15, 0.2) is 0 Å². The topological polar surface area (TPSA) is 20.2 Å². The molecule has 0 heterocycles. The fourth-order valence-electron chi connectivity index (χ4n) is 2.05. The van der Waals surface area contributed by atoms with Crippen molar-refractivity contribution in [3.05, 3.63) is 0 Å². The molecule has 0 aromatic heterocycles. The molecule has 2 unspecified atom stereocenters. The number of aliphatic hydroxyl groups excluding tert-OH is 1. The van der Waals surface area contributed by atoms with Gasteiger partial charge in [-0.1, -0.05) is 39.0 Å². The van der Waals surface area contributed by atoms with Gasteiger partial charge in [0.1, 0.15) is 0 Å². The molecule has 0 aromatic rings. The molecule has 0 radical (unpaired) electrons. The van der Waals surface area contributed by atoms with E-state index in [0.29, 0.717) is 5.92 Å². The first-order chi connectivity index (χ1) is 5.22. The van der Waals surface area contributed by atoms with Crippen LogP contribution in [0.4, 0.5) is 0 Å². The Morgan fingerprint density at radius 3 is 2.09 bits per heavy atom. The van der Waals surface area contributed by atoms with Crippen LogP contribution in [0.1, 0.15) is 46.0 Å². The van der Waals surface area contributed by atoms with Gasteiger partial charge in [0.25, 0.3) is 0 Å². The molecule has 66 valence electrons. The third kappa shape index (κ3) is 2.48. The predicted molar refractivity (Wildman–Crippen MR) is 47.4 cm³/mol. The van der Waals surface area contributed by atoms with Crippen molar-refractivity contribution in [2.24, 2.45) is 11.8 Å². The lowest BCUT2D eigenvalue weighted by atomic mass is 9.79. The molecular formula is C10H20O. The van der Waals surface area contributed by atoms with Gasteiger partial charge in [-0.2, -0.15) is 0 Å². The van der Waals surface area contributed by atoms with E-state index in [-0.39, 0.29) is 6.10 Å². The molecule has 1 aliphatic rings. The van der Waals surface area contributed by atoms with Crippen LogP contribution in [0, 0.1) is 11.8 Å². The summed E-state index contributed by atoms with van der Waals surface area (Å²) in [7, 11) is 0. The minimum atomic E-state index is -0.113. The Hall–Kier alpha value is -0.0400. The molecule has 1 fully saturated rings.